The van der Waals surface area contributed by atoms with Gasteiger partial charge < -0.3 is 15.1 Å². The van der Waals surface area contributed by atoms with Crippen LogP contribution in [0.5, 0.6) is 0 Å². The number of benzene rings is 1. The number of hydrogen-bond acceptors (Lipinski definition) is 7. The van der Waals surface area contributed by atoms with Crippen LogP contribution in [-0.4, -0.2) is 32.2 Å². The van der Waals surface area contributed by atoms with E-state index >= 15 is 0 Å². The molecule has 3 aromatic heterocycles. The van der Waals surface area contributed by atoms with Gasteiger partial charge in [-0.25, -0.2) is 14.6 Å². The molecule has 1 aliphatic rings. The maximum absolute atomic E-state index is 12.8. The Morgan fingerprint density at radius 1 is 1.26 bits per heavy atom. The second-order valence-corrected chi connectivity index (χ2v) is 8.94. The van der Waals surface area contributed by atoms with E-state index in [9.17, 15) is 10.1 Å². The Bertz CT molecular complexity index is 1390. The van der Waals surface area contributed by atoms with Gasteiger partial charge in [0.15, 0.2) is 11.4 Å². The molecule has 9 heteroatoms. The molecule has 0 spiro atoms. The molecular formula is C26H25N7O2. The van der Waals surface area contributed by atoms with Gasteiger partial charge in [-0.2, -0.15) is 10.4 Å². The maximum atomic E-state index is 12.8. The van der Waals surface area contributed by atoms with E-state index in [0.717, 1.165) is 24.0 Å². The molecule has 0 atom stereocenters. The molecule has 1 amide bonds. The summed E-state index contributed by atoms with van der Waals surface area (Å²) in [6.07, 6.45) is 7.09. The Kier molecular flexibility index (Phi) is 6.02. The summed E-state index contributed by atoms with van der Waals surface area (Å²) in [6, 6.07) is 13.6. The van der Waals surface area contributed by atoms with Gasteiger partial charge in [-0.3, -0.25) is 4.79 Å². The summed E-state index contributed by atoms with van der Waals surface area (Å²) in [7, 11) is 0. The van der Waals surface area contributed by atoms with E-state index in [2.05, 4.69) is 39.5 Å². The summed E-state index contributed by atoms with van der Waals surface area (Å²) in [5.74, 6) is 1.70. The number of hydrogen-bond donors (Lipinski definition) is 2. The zero-order chi connectivity index (χ0) is 24.4. The quantitative estimate of drug-likeness (QED) is 0.374. The molecule has 176 valence electrons. The minimum atomic E-state index is -0.493. The summed E-state index contributed by atoms with van der Waals surface area (Å²) < 4.78 is 7.12. The lowest BCUT2D eigenvalue weighted by molar-refractivity contribution is 0.102. The van der Waals surface area contributed by atoms with Crippen molar-refractivity contribution < 1.29 is 9.21 Å². The molecule has 0 saturated heterocycles. The van der Waals surface area contributed by atoms with Crippen molar-refractivity contribution in [1.82, 2.24) is 19.7 Å². The molecule has 0 unspecified atom stereocenters. The lowest BCUT2D eigenvalue weighted by Gasteiger charge is -2.06. The highest BCUT2D eigenvalue weighted by Crippen LogP contribution is 2.29. The van der Waals surface area contributed by atoms with E-state index in [1.165, 1.54) is 24.7 Å². The third-order valence-electron chi connectivity index (χ3n) is 5.91. The topological polar surface area (TPSA) is 122 Å². The van der Waals surface area contributed by atoms with E-state index in [4.69, 9.17) is 4.42 Å². The smallest absolute Gasteiger partial charge is 0.277 e. The van der Waals surface area contributed by atoms with E-state index in [-0.39, 0.29) is 11.4 Å². The normalized spacial score (nSPS) is 13.0. The number of pyridine rings is 1. The second-order valence-electron chi connectivity index (χ2n) is 8.94. The van der Waals surface area contributed by atoms with Gasteiger partial charge in [-0.05, 0) is 54.5 Å². The zero-order valence-corrected chi connectivity index (χ0v) is 19.5. The van der Waals surface area contributed by atoms with Gasteiger partial charge in [0.1, 0.15) is 18.2 Å². The SMILES string of the molecule is CC(C)c1ccc(-n2cc(NC(=O)c3coc(-c4ccnc(NCC5CC5)c4)n3)c(C#N)n2)cc1. The molecular weight excluding hydrogens is 442 g/mol. The molecule has 4 aromatic rings. The first-order valence-corrected chi connectivity index (χ1v) is 11.6. The van der Waals surface area contributed by atoms with Crippen LogP contribution in [0.3, 0.4) is 0 Å². The highest BCUT2D eigenvalue weighted by molar-refractivity contribution is 6.03. The van der Waals surface area contributed by atoms with Gasteiger partial charge in [0.25, 0.3) is 5.91 Å². The molecule has 0 radical (unpaired) electrons. The van der Waals surface area contributed by atoms with Crippen molar-refractivity contribution in [3.05, 3.63) is 72.0 Å². The first kappa shape index (κ1) is 22.3. The number of nitrogens with one attached hydrogen (secondary N) is 2. The molecule has 0 aliphatic heterocycles. The molecule has 5 rings (SSSR count). The van der Waals surface area contributed by atoms with Crippen molar-refractivity contribution in [2.24, 2.45) is 5.92 Å². The van der Waals surface area contributed by atoms with Gasteiger partial charge >= 0.3 is 0 Å². The minimum Gasteiger partial charge on any atom is -0.444 e. The van der Waals surface area contributed by atoms with Gasteiger partial charge in [0.05, 0.1) is 17.6 Å². The monoisotopic (exact) mass is 467 g/mol. The Morgan fingerprint density at radius 2 is 2.06 bits per heavy atom. The van der Waals surface area contributed by atoms with Gasteiger partial charge in [0, 0.05) is 18.3 Å². The Labute approximate surface area is 202 Å². The summed E-state index contributed by atoms with van der Waals surface area (Å²) >= 11 is 0. The van der Waals surface area contributed by atoms with Crippen LogP contribution in [0.1, 0.15) is 54.4 Å². The number of anilines is 2. The number of rotatable bonds is 8. The Morgan fingerprint density at radius 3 is 2.77 bits per heavy atom. The van der Waals surface area contributed by atoms with Crippen LogP contribution in [0.4, 0.5) is 11.5 Å². The third kappa shape index (κ3) is 5.06. The molecule has 9 nitrogen and oxygen atoms in total. The average molecular weight is 468 g/mol. The lowest BCUT2D eigenvalue weighted by Crippen LogP contribution is -2.12. The number of aromatic nitrogens is 4. The maximum Gasteiger partial charge on any atom is 0.277 e. The Hall–Kier alpha value is -4.45. The first-order valence-electron chi connectivity index (χ1n) is 11.6. The fraction of sp³-hybridized carbons (Fsp3) is 0.269. The van der Waals surface area contributed by atoms with Crippen molar-refractivity contribution >= 4 is 17.4 Å². The second kappa shape index (κ2) is 9.43. The average Bonchev–Trinajstić information content (AvgIpc) is 3.41. The van der Waals surface area contributed by atoms with Crippen molar-refractivity contribution in [1.29, 1.82) is 5.26 Å². The molecule has 2 N–H and O–H groups in total. The van der Waals surface area contributed by atoms with Crippen LogP contribution < -0.4 is 10.6 Å². The number of amides is 1. The summed E-state index contributed by atoms with van der Waals surface area (Å²) in [4.78, 5) is 21.5. The first-order chi connectivity index (χ1) is 17.0. The molecule has 1 aromatic carbocycles. The fourth-order valence-electron chi connectivity index (χ4n) is 3.62. The Balaban J connectivity index is 1.30. The molecule has 1 fully saturated rings. The van der Waals surface area contributed by atoms with Crippen molar-refractivity contribution in [3.8, 4) is 23.2 Å². The number of nitriles is 1. The largest absolute Gasteiger partial charge is 0.444 e. The lowest BCUT2D eigenvalue weighted by atomic mass is 10.0. The van der Waals surface area contributed by atoms with Gasteiger partial charge in [0.2, 0.25) is 5.89 Å². The van der Waals surface area contributed by atoms with Crippen LogP contribution in [0.15, 0.2) is 59.5 Å². The highest BCUT2D eigenvalue weighted by atomic mass is 16.3. The number of nitrogens with zero attached hydrogens (tertiary/aromatic N) is 5. The van der Waals surface area contributed by atoms with Crippen LogP contribution in [0, 0.1) is 17.2 Å². The summed E-state index contributed by atoms with van der Waals surface area (Å²) in [5.41, 5.74) is 3.21. The molecule has 1 aliphatic carbocycles. The van der Waals surface area contributed by atoms with Crippen LogP contribution in [-0.2, 0) is 0 Å². The van der Waals surface area contributed by atoms with Crippen LogP contribution in [0.2, 0.25) is 0 Å². The highest BCUT2D eigenvalue weighted by Gasteiger charge is 2.21. The molecule has 0 bridgehead atoms. The molecule has 1 saturated carbocycles. The number of carbonyl (C=O) groups is 1. The van der Waals surface area contributed by atoms with E-state index in [1.807, 2.05) is 36.4 Å². The zero-order valence-electron chi connectivity index (χ0n) is 19.5. The number of oxazole rings is 1. The van der Waals surface area contributed by atoms with E-state index in [1.54, 1.807) is 23.1 Å². The molecule has 3 heterocycles. The van der Waals surface area contributed by atoms with E-state index in [0.29, 0.717) is 23.1 Å². The fourth-order valence-corrected chi connectivity index (χ4v) is 3.62. The third-order valence-corrected chi connectivity index (χ3v) is 5.91. The predicted octanol–water partition coefficient (Wildman–Crippen LogP) is 4.99. The van der Waals surface area contributed by atoms with Crippen molar-refractivity contribution in [3.63, 3.8) is 0 Å². The standard InChI is InChI=1S/C26H25N7O2/c1-16(2)18-5-7-20(8-6-18)33-14-22(21(12-27)32-33)30-25(34)23-15-35-26(31-23)19-9-10-28-24(11-19)29-13-17-3-4-17/h5-11,14-17H,3-4,13H2,1-2H3,(H,28,29)(H,30,34). The van der Waals surface area contributed by atoms with Gasteiger partial charge in [-0.1, -0.05) is 26.0 Å². The minimum absolute atomic E-state index is 0.0993. The van der Waals surface area contributed by atoms with Crippen molar-refractivity contribution in [2.45, 2.75) is 32.6 Å². The van der Waals surface area contributed by atoms with E-state index < -0.39 is 5.91 Å². The van der Waals surface area contributed by atoms with Crippen LogP contribution >= 0.6 is 0 Å². The molecule has 35 heavy (non-hydrogen) atoms. The van der Waals surface area contributed by atoms with Crippen molar-refractivity contribution in [2.75, 3.05) is 17.2 Å². The van der Waals surface area contributed by atoms with Crippen LogP contribution in [0.25, 0.3) is 17.1 Å². The predicted molar refractivity (Wildman–Crippen MR) is 131 cm³/mol. The van der Waals surface area contributed by atoms with Gasteiger partial charge in [-0.15, -0.1) is 0 Å². The summed E-state index contributed by atoms with van der Waals surface area (Å²) in [6.45, 7) is 5.14. The summed E-state index contributed by atoms with van der Waals surface area (Å²) in [5, 5.41) is 19.9. The number of carbonyl (C=O) groups excluding carboxylic acids is 1.